The maximum Gasteiger partial charge on any atom is 0.211 e. The normalized spacial score (nSPS) is 11.3. The molecule has 5 nitrogen and oxygen atoms in total. The molecule has 21 heavy (non-hydrogen) atoms. The van der Waals surface area contributed by atoms with E-state index in [2.05, 4.69) is 42.1 Å². The lowest BCUT2D eigenvalue weighted by Crippen LogP contribution is -2.21. The van der Waals surface area contributed by atoms with Crippen LogP contribution in [0.25, 0.3) is 11.8 Å². The van der Waals surface area contributed by atoms with Gasteiger partial charge in [-0.1, -0.05) is 22.0 Å². The molecule has 4 N–H and O–H groups in total. The van der Waals surface area contributed by atoms with E-state index in [-0.39, 0.29) is 5.96 Å². The zero-order valence-electron chi connectivity index (χ0n) is 10.9. The topological polar surface area (TPSA) is 81.7 Å². The summed E-state index contributed by atoms with van der Waals surface area (Å²) in [5, 5.41) is 7.19. The predicted octanol–water partition coefficient (Wildman–Crippen LogP) is 3.27. The third kappa shape index (κ3) is 4.57. The van der Waals surface area contributed by atoms with Gasteiger partial charge in [0.2, 0.25) is 5.96 Å². The SMILES string of the molecule is NC(N)=N/N=C/C=C/c1cc(Br)n(-c2ccc(Br)cc2)c1. The van der Waals surface area contributed by atoms with Crippen LogP contribution < -0.4 is 11.5 Å². The van der Waals surface area contributed by atoms with Crippen molar-refractivity contribution in [3.05, 3.63) is 57.2 Å². The fourth-order valence-electron chi connectivity index (χ4n) is 1.64. The Hall–Kier alpha value is -1.86. The quantitative estimate of drug-likeness (QED) is 0.460. The summed E-state index contributed by atoms with van der Waals surface area (Å²) in [7, 11) is 0. The fourth-order valence-corrected chi connectivity index (χ4v) is 2.47. The van der Waals surface area contributed by atoms with Gasteiger partial charge in [-0.15, -0.1) is 5.10 Å². The summed E-state index contributed by atoms with van der Waals surface area (Å²) in [6.07, 6.45) is 7.20. The van der Waals surface area contributed by atoms with E-state index in [1.165, 1.54) is 6.21 Å². The zero-order chi connectivity index (χ0) is 15.2. The number of halogens is 2. The molecule has 0 radical (unpaired) electrons. The van der Waals surface area contributed by atoms with Gasteiger partial charge in [0.25, 0.3) is 0 Å². The Bertz CT molecular complexity index is 695. The molecule has 1 aromatic heterocycles. The zero-order valence-corrected chi connectivity index (χ0v) is 14.1. The third-order valence-corrected chi connectivity index (χ3v) is 3.65. The van der Waals surface area contributed by atoms with E-state index in [4.69, 9.17) is 11.5 Å². The molecule has 0 amide bonds. The van der Waals surface area contributed by atoms with E-state index in [0.717, 1.165) is 20.3 Å². The van der Waals surface area contributed by atoms with Crippen molar-refractivity contribution >= 4 is 50.1 Å². The van der Waals surface area contributed by atoms with Crippen LogP contribution in [0, 0.1) is 0 Å². The molecular weight excluding hydrogens is 398 g/mol. The number of nitrogens with two attached hydrogens (primary N) is 2. The summed E-state index contributed by atoms with van der Waals surface area (Å²) >= 11 is 6.97. The highest BCUT2D eigenvalue weighted by Crippen LogP contribution is 2.22. The summed E-state index contributed by atoms with van der Waals surface area (Å²) in [4.78, 5) is 0. The molecule has 0 aliphatic carbocycles. The first-order chi connectivity index (χ1) is 10.1. The third-order valence-electron chi connectivity index (χ3n) is 2.51. The minimum absolute atomic E-state index is 0.0659. The lowest BCUT2D eigenvalue weighted by atomic mass is 10.3. The number of hydrogen-bond acceptors (Lipinski definition) is 2. The summed E-state index contributed by atoms with van der Waals surface area (Å²) in [6.45, 7) is 0. The monoisotopic (exact) mass is 409 g/mol. The minimum Gasteiger partial charge on any atom is -0.369 e. The van der Waals surface area contributed by atoms with Gasteiger partial charge in [0.15, 0.2) is 0 Å². The number of hydrogen-bond donors (Lipinski definition) is 2. The molecule has 0 fully saturated rings. The van der Waals surface area contributed by atoms with E-state index in [0.29, 0.717) is 0 Å². The average Bonchev–Trinajstić information content (AvgIpc) is 2.80. The molecule has 1 aromatic carbocycles. The number of guanidine groups is 1. The number of nitrogens with zero attached hydrogens (tertiary/aromatic N) is 3. The maximum absolute atomic E-state index is 5.16. The molecule has 0 spiro atoms. The number of aromatic nitrogens is 1. The Kier molecular flexibility index (Phi) is 5.35. The first kappa shape index (κ1) is 15.5. The largest absolute Gasteiger partial charge is 0.369 e. The summed E-state index contributed by atoms with van der Waals surface area (Å²) in [5.74, 6) is -0.0659. The van der Waals surface area contributed by atoms with E-state index < -0.39 is 0 Å². The van der Waals surface area contributed by atoms with E-state index in [1.807, 2.05) is 47.2 Å². The van der Waals surface area contributed by atoms with E-state index >= 15 is 0 Å². The lowest BCUT2D eigenvalue weighted by molar-refractivity contribution is 1.05. The van der Waals surface area contributed by atoms with Crippen molar-refractivity contribution < 1.29 is 0 Å². The van der Waals surface area contributed by atoms with Gasteiger partial charge in [-0.3, -0.25) is 0 Å². The lowest BCUT2D eigenvalue weighted by Gasteiger charge is -2.04. The average molecular weight is 411 g/mol. The van der Waals surface area contributed by atoms with E-state index in [1.54, 1.807) is 6.08 Å². The molecule has 0 bridgehead atoms. The van der Waals surface area contributed by atoms with Crippen LogP contribution in [0.4, 0.5) is 0 Å². The molecule has 0 saturated carbocycles. The minimum atomic E-state index is -0.0659. The van der Waals surface area contributed by atoms with Gasteiger partial charge in [0.05, 0.1) is 4.60 Å². The van der Waals surface area contributed by atoms with Crippen molar-refractivity contribution in [3.63, 3.8) is 0 Å². The first-order valence-electron chi connectivity index (χ1n) is 5.99. The van der Waals surface area contributed by atoms with Crippen molar-refractivity contribution in [1.82, 2.24) is 4.57 Å². The standard InChI is InChI=1S/C14H13Br2N5/c15-11-3-5-12(6-4-11)21-9-10(8-13(21)16)2-1-7-19-20-14(17)18/h1-9H,(H4,17,18,20)/b2-1+,19-7+. The smallest absolute Gasteiger partial charge is 0.211 e. The molecule has 1 heterocycles. The van der Waals surface area contributed by atoms with E-state index in [9.17, 15) is 0 Å². The molecule has 0 atom stereocenters. The van der Waals surface area contributed by atoms with Gasteiger partial charge in [0, 0.05) is 22.6 Å². The highest BCUT2D eigenvalue weighted by atomic mass is 79.9. The Labute approximate surface area is 139 Å². The molecular formula is C14H13Br2N5. The molecule has 2 aromatic rings. The van der Waals surface area contributed by atoms with Crippen molar-refractivity contribution in [2.24, 2.45) is 21.7 Å². The molecule has 7 heteroatoms. The second-order valence-corrected chi connectivity index (χ2v) is 5.82. The van der Waals surface area contributed by atoms with Crippen molar-refractivity contribution in [2.75, 3.05) is 0 Å². The number of benzene rings is 1. The van der Waals surface area contributed by atoms with Gasteiger partial charge in [-0.25, -0.2) is 0 Å². The van der Waals surface area contributed by atoms with Crippen molar-refractivity contribution in [2.45, 2.75) is 0 Å². The highest BCUT2D eigenvalue weighted by molar-refractivity contribution is 9.10. The second kappa shape index (κ2) is 7.24. The molecule has 0 saturated heterocycles. The van der Waals surface area contributed by atoms with Gasteiger partial charge < -0.3 is 16.0 Å². The molecule has 108 valence electrons. The Balaban J connectivity index is 2.16. The van der Waals surface area contributed by atoms with Crippen molar-refractivity contribution in [3.8, 4) is 5.69 Å². The van der Waals surface area contributed by atoms with Crippen LogP contribution in [-0.4, -0.2) is 16.7 Å². The van der Waals surface area contributed by atoms with Crippen LogP contribution in [0.3, 0.4) is 0 Å². The number of allylic oxidation sites excluding steroid dienone is 1. The van der Waals surface area contributed by atoms with Crippen LogP contribution in [0.15, 0.2) is 61.9 Å². The highest BCUT2D eigenvalue weighted by Gasteiger charge is 2.03. The summed E-state index contributed by atoms with van der Waals surface area (Å²) in [5.41, 5.74) is 12.4. The molecule has 0 unspecified atom stereocenters. The van der Waals surface area contributed by atoms with Crippen LogP contribution >= 0.6 is 31.9 Å². The van der Waals surface area contributed by atoms with Crippen LogP contribution in [0.2, 0.25) is 0 Å². The van der Waals surface area contributed by atoms with Gasteiger partial charge >= 0.3 is 0 Å². The van der Waals surface area contributed by atoms with Crippen LogP contribution in [0.5, 0.6) is 0 Å². The Morgan fingerprint density at radius 1 is 1.14 bits per heavy atom. The number of rotatable bonds is 4. The summed E-state index contributed by atoms with van der Waals surface area (Å²) < 4.78 is 4.05. The maximum atomic E-state index is 5.16. The van der Waals surface area contributed by atoms with Crippen LogP contribution in [-0.2, 0) is 0 Å². The van der Waals surface area contributed by atoms with Gasteiger partial charge in [-0.05, 0) is 57.9 Å². The van der Waals surface area contributed by atoms with Crippen molar-refractivity contribution in [1.29, 1.82) is 0 Å². The second-order valence-electron chi connectivity index (χ2n) is 4.09. The molecule has 2 rings (SSSR count). The van der Waals surface area contributed by atoms with Gasteiger partial charge in [-0.2, -0.15) is 5.10 Å². The first-order valence-corrected chi connectivity index (χ1v) is 7.57. The molecule has 0 aliphatic rings. The Morgan fingerprint density at radius 3 is 2.52 bits per heavy atom. The molecule has 0 aliphatic heterocycles. The Morgan fingerprint density at radius 2 is 1.86 bits per heavy atom. The fraction of sp³-hybridized carbons (Fsp3) is 0. The predicted molar refractivity (Wildman–Crippen MR) is 94.5 cm³/mol. The van der Waals surface area contributed by atoms with Crippen LogP contribution in [0.1, 0.15) is 5.56 Å². The van der Waals surface area contributed by atoms with Gasteiger partial charge in [0.1, 0.15) is 0 Å². The summed E-state index contributed by atoms with van der Waals surface area (Å²) in [6, 6.07) is 10.1.